The summed E-state index contributed by atoms with van der Waals surface area (Å²) < 4.78 is 5.11. The van der Waals surface area contributed by atoms with Gasteiger partial charge in [-0.05, 0) is 19.1 Å². The lowest BCUT2D eigenvalue weighted by Crippen LogP contribution is -3.19. The van der Waals surface area contributed by atoms with E-state index in [0.29, 0.717) is 31.9 Å². The third-order valence-electron chi connectivity index (χ3n) is 3.89. The number of carbonyl (C=O) groups is 3. The Balaban J connectivity index is 1.85. The van der Waals surface area contributed by atoms with Crippen molar-refractivity contribution < 1.29 is 23.7 Å². The van der Waals surface area contributed by atoms with Crippen LogP contribution in [0.5, 0.6) is 0 Å². The summed E-state index contributed by atoms with van der Waals surface area (Å²) in [6.07, 6.45) is 1.47. The average Bonchev–Trinajstić information content (AvgIpc) is 3.07. The van der Waals surface area contributed by atoms with Gasteiger partial charge in [-0.15, -0.1) is 0 Å². The molecule has 1 aliphatic heterocycles. The molecule has 0 radical (unpaired) electrons. The number of imide groups is 1. The first kappa shape index (κ1) is 16.0. The van der Waals surface area contributed by atoms with Gasteiger partial charge in [0.2, 0.25) is 0 Å². The minimum atomic E-state index is -0.511. The Morgan fingerprint density at radius 3 is 2.55 bits per heavy atom. The smallest absolute Gasteiger partial charge is 0.321 e. The second-order valence-electron chi connectivity index (χ2n) is 5.22. The Labute approximate surface area is 128 Å². The van der Waals surface area contributed by atoms with E-state index < -0.39 is 6.03 Å². The van der Waals surface area contributed by atoms with Crippen molar-refractivity contribution in [3.8, 4) is 0 Å². The zero-order valence-corrected chi connectivity index (χ0v) is 12.7. The SMILES string of the molecule is CNC(=O)NC(=O)[C@@H](C)[NH+]1CCN(C(=O)c2ccco2)CC1. The van der Waals surface area contributed by atoms with Crippen LogP contribution in [0.1, 0.15) is 17.5 Å². The largest absolute Gasteiger partial charge is 0.459 e. The lowest BCUT2D eigenvalue weighted by atomic mass is 10.2. The molecule has 1 aliphatic rings. The predicted molar refractivity (Wildman–Crippen MR) is 77.4 cm³/mol. The van der Waals surface area contributed by atoms with E-state index in [2.05, 4.69) is 10.6 Å². The van der Waals surface area contributed by atoms with E-state index in [1.807, 2.05) is 0 Å². The van der Waals surface area contributed by atoms with Crippen LogP contribution in [0.2, 0.25) is 0 Å². The summed E-state index contributed by atoms with van der Waals surface area (Å²) in [4.78, 5) is 38.0. The van der Waals surface area contributed by atoms with Crippen LogP contribution in [0, 0.1) is 0 Å². The van der Waals surface area contributed by atoms with Crippen LogP contribution in [0.15, 0.2) is 22.8 Å². The summed E-state index contributed by atoms with van der Waals surface area (Å²) in [6, 6.07) is 2.46. The first-order valence-electron chi connectivity index (χ1n) is 7.23. The van der Waals surface area contributed by atoms with Gasteiger partial charge in [-0.2, -0.15) is 0 Å². The van der Waals surface area contributed by atoms with Crippen molar-refractivity contribution in [2.45, 2.75) is 13.0 Å². The molecular weight excluding hydrogens is 288 g/mol. The van der Waals surface area contributed by atoms with Crippen LogP contribution < -0.4 is 15.5 Å². The van der Waals surface area contributed by atoms with Crippen molar-refractivity contribution >= 4 is 17.8 Å². The fourth-order valence-electron chi connectivity index (χ4n) is 2.45. The van der Waals surface area contributed by atoms with Gasteiger partial charge in [0.05, 0.1) is 32.4 Å². The highest BCUT2D eigenvalue weighted by molar-refractivity contribution is 5.96. The molecule has 4 amide bonds. The number of amides is 4. The summed E-state index contributed by atoms with van der Waals surface area (Å²) in [7, 11) is 1.46. The number of urea groups is 1. The second-order valence-corrected chi connectivity index (χ2v) is 5.22. The molecule has 1 aromatic heterocycles. The number of carbonyl (C=O) groups excluding carboxylic acids is 3. The van der Waals surface area contributed by atoms with Gasteiger partial charge in [-0.3, -0.25) is 14.9 Å². The van der Waals surface area contributed by atoms with Gasteiger partial charge >= 0.3 is 6.03 Å². The third kappa shape index (κ3) is 3.64. The first-order valence-corrected chi connectivity index (χ1v) is 7.23. The predicted octanol–water partition coefficient (Wildman–Crippen LogP) is -1.54. The summed E-state index contributed by atoms with van der Waals surface area (Å²) in [5.74, 6) is -0.125. The number of furan rings is 1. The molecular formula is C14H21N4O4+. The van der Waals surface area contributed by atoms with Gasteiger partial charge in [0, 0.05) is 7.05 Å². The lowest BCUT2D eigenvalue weighted by Gasteiger charge is -2.34. The zero-order chi connectivity index (χ0) is 16.1. The maximum atomic E-state index is 12.1. The monoisotopic (exact) mass is 309 g/mol. The number of nitrogens with zero attached hydrogens (tertiary/aromatic N) is 1. The molecule has 8 nitrogen and oxygen atoms in total. The third-order valence-corrected chi connectivity index (χ3v) is 3.89. The van der Waals surface area contributed by atoms with Crippen LogP contribution in [-0.2, 0) is 4.79 Å². The highest BCUT2D eigenvalue weighted by atomic mass is 16.3. The van der Waals surface area contributed by atoms with Gasteiger partial charge in [0.1, 0.15) is 0 Å². The number of nitrogens with one attached hydrogen (secondary N) is 3. The quantitative estimate of drug-likeness (QED) is 0.631. The van der Waals surface area contributed by atoms with Gasteiger partial charge in [0.25, 0.3) is 11.8 Å². The fourth-order valence-corrected chi connectivity index (χ4v) is 2.45. The normalized spacial score (nSPS) is 16.9. The van der Waals surface area contributed by atoms with Crippen molar-refractivity contribution in [3.05, 3.63) is 24.2 Å². The summed E-state index contributed by atoms with van der Waals surface area (Å²) >= 11 is 0. The van der Waals surface area contributed by atoms with Crippen LogP contribution in [0.25, 0.3) is 0 Å². The molecule has 0 bridgehead atoms. The highest BCUT2D eigenvalue weighted by Gasteiger charge is 2.32. The van der Waals surface area contributed by atoms with E-state index in [0.717, 1.165) is 4.90 Å². The van der Waals surface area contributed by atoms with Gasteiger partial charge in [0.15, 0.2) is 11.8 Å². The molecule has 0 aliphatic carbocycles. The Bertz CT molecular complexity index is 535. The molecule has 120 valence electrons. The maximum Gasteiger partial charge on any atom is 0.321 e. The first-order chi connectivity index (χ1) is 10.5. The van der Waals surface area contributed by atoms with Crippen LogP contribution in [0.4, 0.5) is 4.79 Å². The summed E-state index contributed by atoms with van der Waals surface area (Å²) in [5.41, 5.74) is 0. The molecule has 1 atom stereocenters. The molecule has 0 aromatic carbocycles. The van der Waals surface area contributed by atoms with E-state index in [1.165, 1.54) is 13.3 Å². The molecule has 0 spiro atoms. The van der Waals surface area contributed by atoms with Crippen molar-refractivity contribution in [2.75, 3.05) is 33.2 Å². The summed E-state index contributed by atoms with van der Waals surface area (Å²) in [6.45, 7) is 4.17. The van der Waals surface area contributed by atoms with E-state index >= 15 is 0 Å². The second kappa shape index (κ2) is 7.08. The maximum absolute atomic E-state index is 12.1. The summed E-state index contributed by atoms with van der Waals surface area (Å²) in [5, 5.41) is 4.63. The number of quaternary nitrogens is 1. The highest BCUT2D eigenvalue weighted by Crippen LogP contribution is 2.05. The van der Waals surface area contributed by atoms with Crippen molar-refractivity contribution in [1.82, 2.24) is 15.5 Å². The van der Waals surface area contributed by atoms with Crippen LogP contribution in [-0.4, -0.2) is 62.0 Å². The van der Waals surface area contributed by atoms with Gasteiger partial charge in [-0.1, -0.05) is 0 Å². The van der Waals surface area contributed by atoms with E-state index in [-0.39, 0.29) is 17.9 Å². The molecule has 0 unspecified atom stereocenters. The Morgan fingerprint density at radius 1 is 1.32 bits per heavy atom. The van der Waals surface area contributed by atoms with Crippen LogP contribution >= 0.6 is 0 Å². The molecule has 3 N–H and O–H groups in total. The minimum absolute atomic E-state index is 0.133. The van der Waals surface area contributed by atoms with Gasteiger partial charge in [-0.25, -0.2) is 4.79 Å². The fraction of sp³-hybridized carbons (Fsp3) is 0.500. The Morgan fingerprint density at radius 2 is 2.00 bits per heavy atom. The zero-order valence-electron chi connectivity index (χ0n) is 12.7. The van der Waals surface area contributed by atoms with Crippen molar-refractivity contribution in [1.29, 1.82) is 0 Å². The minimum Gasteiger partial charge on any atom is -0.459 e. The van der Waals surface area contributed by atoms with E-state index in [9.17, 15) is 14.4 Å². The molecule has 1 fully saturated rings. The Kier molecular flexibility index (Phi) is 5.16. The molecule has 0 saturated carbocycles. The van der Waals surface area contributed by atoms with E-state index in [4.69, 9.17) is 4.42 Å². The molecule has 1 saturated heterocycles. The van der Waals surface area contributed by atoms with Crippen LogP contribution in [0.3, 0.4) is 0 Å². The lowest BCUT2D eigenvalue weighted by molar-refractivity contribution is -0.917. The van der Waals surface area contributed by atoms with Crippen molar-refractivity contribution in [3.63, 3.8) is 0 Å². The Hall–Kier alpha value is -2.35. The number of piperazine rings is 1. The number of rotatable bonds is 3. The number of hydrogen-bond donors (Lipinski definition) is 3. The standard InChI is InChI=1S/C14H20N4O4/c1-10(12(19)16-14(21)15-2)17-5-7-18(8-6-17)13(20)11-4-3-9-22-11/h3-4,9-10H,5-8H2,1-2H3,(H2,15,16,19,21)/p+1/t10-/m1/s1. The average molecular weight is 309 g/mol. The topological polar surface area (TPSA) is 96.1 Å². The molecule has 1 aromatic rings. The van der Waals surface area contributed by atoms with E-state index in [1.54, 1.807) is 24.0 Å². The molecule has 8 heteroatoms. The molecule has 2 heterocycles. The molecule has 22 heavy (non-hydrogen) atoms. The number of hydrogen-bond acceptors (Lipinski definition) is 4. The van der Waals surface area contributed by atoms with Crippen molar-refractivity contribution in [2.24, 2.45) is 0 Å². The van der Waals surface area contributed by atoms with Gasteiger partial charge < -0.3 is 19.5 Å². The molecule has 2 rings (SSSR count).